The number of guanidine groups is 1. The van der Waals surface area contributed by atoms with Crippen LogP contribution in [0.2, 0.25) is 0 Å². The quantitative estimate of drug-likeness (QED) is 0.365. The summed E-state index contributed by atoms with van der Waals surface area (Å²) in [6, 6.07) is 4.43. The van der Waals surface area contributed by atoms with Gasteiger partial charge in [-0.3, -0.25) is 10.4 Å². The lowest BCUT2D eigenvalue weighted by Crippen LogP contribution is -2.43. The summed E-state index contributed by atoms with van der Waals surface area (Å²) in [5.74, 6) is 6.33. The van der Waals surface area contributed by atoms with E-state index in [-0.39, 0.29) is 0 Å². The molecule has 0 spiro atoms. The van der Waals surface area contributed by atoms with Crippen LogP contribution in [0.15, 0.2) is 29.5 Å². The SMILES string of the molecule is CN(Cc1ccncc1)C(=NC1CCCC1)NN. The lowest BCUT2D eigenvalue weighted by molar-refractivity contribution is 0.471. The van der Waals surface area contributed by atoms with Gasteiger partial charge in [0.2, 0.25) is 5.96 Å². The molecule has 3 N–H and O–H groups in total. The van der Waals surface area contributed by atoms with E-state index in [1.807, 2.05) is 24.1 Å². The second-order valence-electron chi connectivity index (χ2n) is 4.75. The molecule has 1 heterocycles. The van der Waals surface area contributed by atoms with E-state index in [0.29, 0.717) is 6.04 Å². The predicted octanol–water partition coefficient (Wildman–Crippen LogP) is 1.28. The summed E-state index contributed by atoms with van der Waals surface area (Å²) >= 11 is 0. The first-order valence-electron chi connectivity index (χ1n) is 6.44. The Bertz CT molecular complexity index is 384. The van der Waals surface area contributed by atoms with Gasteiger partial charge in [-0.15, -0.1) is 0 Å². The Kier molecular flexibility index (Phi) is 4.52. The maximum Gasteiger partial charge on any atom is 0.208 e. The standard InChI is InChI=1S/C13H21N5/c1-18(10-11-6-8-15-9-7-11)13(17-14)16-12-4-2-3-5-12/h6-9,12H,2-5,10,14H2,1H3,(H,16,17). The van der Waals surface area contributed by atoms with Crippen molar-refractivity contribution in [3.63, 3.8) is 0 Å². The van der Waals surface area contributed by atoms with Crippen molar-refractivity contribution in [3.8, 4) is 0 Å². The number of rotatable bonds is 3. The first-order valence-corrected chi connectivity index (χ1v) is 6.44. The molecule has 2 rings (SSSR count). The lowest BCUT2D eigenvalue weighted by atomic mass is 10.2. The summed E-state index contributed by atoms with van der Waals surface area (Å²) in [7, 11) is 1.99. The third kappa shape index (κ3) is 3.43. The second-order valence-corrected chi connectivity index (χ2v) is 4.75. The van der Waals surface area contributed by atoms with Crippen LogP contribution in [0.4, 0.5) is 0 Å². The van der Waals surface area contributed by atoms with Crippen molar-refractivity contribution in [2.45, 2.75) is 38.3 Å². The molecule has 0 unspecified atom stereocenters. The minimum atomic E-state index is 0.427. The van der Waals surface area contributed by atoms with Gasteiger partial charge in [0.25, 0.3) is 0 Å². The van der Waals surface area contributed by atoms with E-state index in [9.17, 15) is 0 Å². The molecule has 1 aromatic rings. The van der Waals surface area contributed by atoms with E-state index in [1.165, 1.54) is 31.2 Å². The van der Waals surface area contributed by atoms with Crippen LogP contribution in [0.5, 0.6) is 0 Å². The van der Waals surface area contributed by atoms with E-state index < -0.39 is 0 Å². The first kappa shape index (κ1) is 12.8. The molecule has 1 aliphatic carbocycles. The van der Waals surface area contributed by atoms with Gasteiger partial charge >= 0.3 is 0 Å². The average molecular weight is 247 g/mol. The fraction of sp³-hybridized carbons (Fsp3) is 0.538. The third-order valence-electron chi connectivity index (χ3n) is 3.29. The van der Waals surface area contributed by atoms with Crippen molar-refractivity contribution >= 4 is 5.96 Å². The number of hydrogen-bond acceptors (Lipinski definition) is 3. The highest BCUT2D eigenvalue weighted by atomic mass is 15.4. The number of nitrogens with two attached hydrogens (primary N) is 1. The van der Waals surface area contributed by atoms with Crippen LogP contribution >= 0.6 is 0 Å². The van der Waals surface area contributed by atoms with Crippen LogP contribution in [0.1, 0.15) is 31.2 Å². The lowest BCUT2D eigenvalue weighted by Gasteiger charge is -2.21. The van der Waals surface area contributed by atoms with Gasteiger partial charge in [0.05, 0.1) is 6.04 Å². The molecule has 0 aromatic carbocycles. The van der Waals surface area contributed by atoms with Crippen LogP contribution in [0, 0.1) is 0 Å². The molecular weight excluding hydrogens is 226 g/mol. The van der Waals surface area contributed by atoms with Crippen LogP contribution in [-0.4, -0.2) is 28.9 Å². The van der Waals surface area contributed by atoms with E-state index in [0.717, 1.165) is 12.5 Å². The Hall–Kier alpha value is -1.62. The molecule has 0 aliphatic heterocycles. The van der Waals surface area contributed by atoms with E-state index in [4.69, 9.17) is 5.84 Å². The molecule has 0 atom stereocenters. The van der Waals surface area contributed by atoms with Crippen molar-refractivity contribution in [2.24, 2.45) is 10.8 Å². The fourth-order valence-corrected chi connectivity index (χ4v) is 2.29. The number of pyridine rings is 1. The Morgan fingerprint density at radius 3 is 2.72 bits per heavy atom. The Morgan fingerprint density at radius 1 is 1.44 bits per heavy atom. The molecule has 5 heteroatoms. The van der Waals surface area contributed by atoms with Crippen molar-refractivity contribution in [1.29, 1.82) is 0 Å². The van der Waals surface area contributed by atoms with Gasteiger partial charge in [0.1, 0.15) is 0 Å². The van der Waals surface area contributed by atoms with Crippen molar-refractivity contribution in [3.05, 3.63) is 30.1 Å². The molecule has 1 saturated carbocycles. The van der Waals surface area contributed by atoms with Crippen molar-refractivity contribution in [2.75, 3.05) is 7.05 Å². The van der Waals surface area contributed by atoms with Gasteiger partial charge in [-0.2, -0.15) is 0 Å². The molecule has 1 fully saturated rings. The molecule has 0 bridgehead atoms. The van der Waals surface area contributed by atoms with Crippen molar-refractivity contribution < 1.29 is 0 Å². The number of aromatic nitrogens is 1. The molecule has 1 aromatic heterocycles. The highest BCUT2D eigenvalue weighted by Gasteiger charge is 2.16. The predicted molar refractivity (Wildman–Crippen MR) is 72.7 cm³/mol. The zero-order chi connectivity index (χ0) is 12.8. The monoisotopic (exact) mass is 247 g/mol. The smallest absolute Gasteiger partial charge is 0.208 e. The van der Waals surface area contributed by atoms with E-state index >= 15 is 0 Å². The number of hydrazine groups is 1. The molecule has 98 valence electrons. The zero-order valence-electron chi connectivity index (χ0n) is 10.8. The first-order chi connectivity index (χ1) is 8.79. The van der Waals surface area contributed by atoms with Gasteiger partial charge < -0.3 is 4.90 Å². The van der Waals surface area contributed by atoms with Gasteiger partial charge in [-0.25, -0.2) is 10.8 Å². The van der Waals surface area contributed by atoms with Gasteiger partial charge in [-0.05, 0) is 30.5 Å². The molecule has 0 amide bonds. The maximum atomic E-state index is 5.57. The topological polar surface area (TPSA) is 66.5 Å². The van der Waals surface area contributed by atoms with Gasteiger partial charge in [0.15, 0.2) is 0 Å². The maximum absolute atomic E-state index is 5.57. The van der Waals surface area contributed by atoms with Crippen LogP contribution in [-0.2, 0) is 6.54 Å². The van der Waals surface area contributed by atoms with E-state index in [1.54, 1.807) is 12.4 Å². The summed E-state index contributed by atoms with van der Waals surface area (Å²) in [6.07, 6.45) is 8.50. The Balaban J connectivity index is 1.98. The van der Waals surface area contributed by atoms with Gasteiger partial charge in [0, 0.05) is 26.0 Å². The minimum Gasteiger partial charge on any atom is -0.341 e. The normalized spacial score (nSPS) is 16.9. The molecule has 1 aliphatic rings. The summed E-state index contributed by atoms with van der Waals surface area (Å²) in [6.45, 7) is 0.776. The number of nitrogens with zero attached hydrogens (tertiary/aromatic N) is 3. The summed E-state index contributed by atoms with van der Waals surface area (Å²) in [4.78, 5) is 10.7. The molecular formula is C13H21N5. The second kappa shape index (κ2) is 6.35. The Labute approximate surface area is 108 Å². The largest absolute Gasteiger partial charge is 0.341 e. The van der Waals surface area contributed by atoms with Crippen LogP contribution in [0.3, 0.4) is 0 Å². The molecule has 18 heavy (non-hydrogen) atoms. The highest BCUT2D eigenvalue weighted by molar-refractivity contribution is 5.79. The summed E-state index contributed by atoms with van der Waals surface area (Å²) in [5, 5.41) is 0. The number of hydrogen-bond donors (Lipinski definition) is 2. The third-order valence-corrected chi connectivity index (χ3v) is 3.29. The minimum absolute atomic E-state index is 0.427. The zero-order valence-corrected chi connectivity index (χ0v) is 10.8. The fourth-order valence-electron chi connectivity index (χ4n) is 2.29. The summed E-state index contributed by atoms with van der Waals surface area (Å²) < 4.78 is 0. The molecule has 0 radical (unpaired) electrons. The van der Waals surface area contributed by atoms with Crippen molar-refractivity contribution in [1.82, 2.24) is 15.3 Å². The Morgan fingerprint density at radius 2 is 2.11 bits per heavy atom. The average Bonchev–Trinajstić information content (AvgIpc) is 2.90. The molecule has 0 saturated heterocycles. The van der Waals surface area contributed by atoms with Gasteiger partial charge in [-0.1, -0.05) is 12.8 Å². The van der Waals surface area contributed by atoms with Crippen LogP contribution in [0.25, 0.3) is 0 Å². The number of nitrogens with one attached hydrogen (secondary N) is 1. The molecule has 5 nitrogen and oxygen atoms in total. The number of aliphatic imine (C=N–C) groups is 1. The van der Waals surface area contributed by atoms with E-state index in [2.05, 4.69) is 15.4 Å². The van der Waals surface area contributed by atoms with Crippen LogP contribution < -0.4 is 11.3 Å². The summed E-state index contributed by atoms with van der Waals surface area (Å²) in [5.41, 5.74) is 3.91. The highest BCUT2D eigenvalue weighted by Crippen LogP contribution is 2.21.